The molecule has 0 radical (unpaired) electrons. The second-order valence-corrected chi connectivity index (χ2v) is 7.87. The van der Waals surface area contributed by atoms with Gasteiger partial charge in [-0.25, -0.2) is 13.2 Å². The molecule has 0 aliphatic rings. The Hall–Kier alpha value is -3.72. The number of fused-ring (bicyclic) bond motifs is 1. The van der Waals surface area contributed by atoms with Crippen molar-refractivity contribution < 1.29 is 26.3 Å². The molecule has 0 spiro atoms. The Balaban J connectivity index is 1.67. The summed E-state index contributed by atoms with van der Waals surface area (Å²) in [5.41, 5.74) is 1.32. The molecular weight excluding hydrogens is 450 g/mol. The zero-order valence-electron chi connectivity index (χ0n) is 18.0. The number of aryl methyl sites for hydroxylation is 1. The summed E-state index contributed by atoms with van der Waals surface area (Å²) < 4.78 is 81.3. The fraction of sp³-hybridized carbons (Fsp3) is 0.143. The van der Waals surface area contributed by atoms with Gasteiger partial charge in [0.1, 0.15) is 17.5 Å². The Kier molecular flexibility index (Phi) is 6.39. The Morgan fingerprint density at radius 2 is 1.35 bits per heavy atom. The van der Waals surface area contributed by atoms with Crippen LogP contribution < -0.4 is 0 Å². The number of halogens is 6. The van der Waals surface area contributed by atoms with Crippen molar-refractivity contribution in [3.63, 3.8) is 0 Å². The van der Waals surface area contributed by atoms with E-state index < -0.39 is 35.6 Å². The number of alkyl halides is 3. The maximum Gasteiger partial charge on any atom is 0.393 e. The van der Waals surface area contributed by atoms with Crippen LogP contribution in [0, 0.1) is 29.3 Å². The van der Waals surface area contributed by atoms with Crippen molar-refractivity contribution in [2.45, 2.75) is 25.9 Å². The summed E-state index contributed by atoms with van der Waals surface area (Å²) in [6.45, 7) is 2.07. The number of hydrogen-bond acceptors (Lipinski definition) is 0. The predicted octanol–water partition coefficient (Wildman–Crippen LogP) is 7.99. The van der Waals surface area contributed by atoms with E-state index in [1.54, 1.807) is 18.2 Å². The van der Waals surface area contributed by atoms with Crippen LogP contribution in [0.4, 0.5) is 26.3 Å². The maximum atomic E-state index is 15.2. The monoisotopic (exact) mass is 468 g/mol. The summed E-state index contributed by atoms with van der Waals surface area (Å²) in [5, 5.41) is 0.736. The number of rotatable bonds is 3. The molecule has 0 nitrogen and oxygen atoms in total. The van der Waals surface area contributed by atoms with Crippen molar-refractivity contribution in [1.82, 2.24) is 0 Å². The smallest absolute Gasteiger partial charge is 0.207 e. The number of benzene rings is 4. The summed E-state index contributed by atoms with van der Waals surface area (Å²) in [6, 6.07) is 17.1. The zero-order chi connectivity index (χ0) is 24.5. The fourth-order valence-corrected chi connectivity index (χ4v) is 3.69. The third-order valence-corrected chi connectivity index (χ3v) is 5.50. The Morgan fingerprint density at radius 1 is 0.735 bits per heavy atom. The van der Waals surface area contributed by atoms with Crippen LogP contribution in [0.5, 0.6) is 0 Å². The van der Waals surface area contributed by atoms with Crippen LogP contribution in [0.3, 0.4) is 0 Å². The zero-order valence-corrected chi connectivity index (χ0v) is 18.0. The molecule has 0 N–H and O–H groups in total. The van der Waals surface area contributed by atoms with Crippen molar-refractivity contribution in [2.24, 2.45) is 0 Å². The van der Waals surface area contributed by atoms with Gasteiger partial charge < -0.3 is 0 Å². The molecule has 0 fully saturated rings. The van der Waals surface area contributed by atoms with Gasteiger partial charge in [-0.3, -0.25) is 0 Å². The molecule has 0 aromatic heterocycles. The highest BCUT2D eigenvalue weighted by Gasteiger charge is 2.31. The second kappa shape index (κ2) is 9.26. The minimum atomic E-state index is -4.77. The molecule has 6 heteroatoms. The van der Waals surface area contributed by atoms with Crippen LogP contribution in [0.15, 0.2) is 66.7 Å². The average molecular weight is 468 g/mol. The first-order chi connectivity index (χ1) is 16.1. The van der Waals surface area contributed by atoms with E-state index >= 15 is 4.39 Å². The van der Waals surface area contributed by atoms with Gasteiger partial charge in [-0.1, -0.05) is 49.1 Å². The summed E-state index contributed by atoms with van der Waals surface area (Å²) in [7, 11) is 0. The van der Waals surface area contributed by atoms with Gasteiger partial charge in [0, 0.05) is 27.6 Å². The molecule has 0 heterocycles. The van der Waals surface area contributed by atoms with E-state index in [-0.39, 0.29) is 16.5 Å². The lowest BCUT2D eigenvalue weighted by Crippen LogP contribution is -2.14. The predicted molar refractivity (Wildman–Crippen MR) is 121 cm³/mol. The van der Waals surface area contributed by atoms with E-state index in [0.29, 0.717) is 10.9 Å². The largest absolute Gasteiger partial charge is 0.393 e. The van der Waals surface area contributed by atoms with Gasteiger partial charge >= 0.3 is 6.18 Å². The highest BCUT2D eigenvalue weighted by atomic mass is 19.4. The Bertz CT molecular complexity index is 1400. The molecule has 172 valence electrons. The fourth-order valence-electron chi connectivity index (χ4n) is 3.69. The van der Waals surface area contributed by atoms with Crippen LogP contribution >= 0.6 is 0 Å². The van der Waals surface area contributed by atoms with Crippen LogP contribution in [0.1, 0.15) is 29.2 Å². The Morgan fingerprint density at radius 3 is 1.97 bits per heavy atom. The third-order valence-electron chi connectivity index (χ3n) is 5.50. The lowest BCUT2D eigenvalue weighted by Gasteiger charge is -2.12. The van der Waals surface area contributed by atoms with E-state index in [9.17, 15) is 22.0 Å². The molecule has 0 saturated heterocycles. The van der Waals surface area contributed by atoms with Gasteiger partial charge in [-0.15, -0.1) is 0 Å². The van der Waals surface area contributed by atoms with Crippen molar-refractivity contribution >= 4 is 10.8 Å². The molecule has 0 amide bonds. The molecule has 0 atom stereocenters. The molecule has 0 unspecified atom stereocenters. The highest BCUT2D eigenvalue weighted by Crippen LogP contribution is 2.33. The van der Waals surface area contributed by atoms with E-state index in [1.165, 1.54) is 17.7 Å². The van der Waals surface area contributed by atoms with Crippen LogP contribution in [0.2, 0.25) is 0 Å². The van der Waals surface area contributed by atoms with E-state index in [2.05, 4.69) is 18.8 Å². The van der Waals surface area contributed by atoms with E-state index in [4.69, 9.17) is 0 Å². The molecular formula is C28H18F6. The average Bonchev–Trinajstić information content (AvgIpc) is 2.80. The third kappa shape index (κ3) is 5.09. The molecule has 0 saturated carbocycles. The van der Waals surface area contributed by atoms with E-state index in [1.807, 2.05) is 24.3 Å². The number of hydrogen-bond donors (Lipinski definition) is 0. The quantitative estimate of drug-likeness (QED) is 0.211. The lowest BCUT2D eigenvalue weighted by atomic mass is 9.97. The van der Waals surface area contributed by atoms with Crippen molar-refractivity contribution in [1.29, 1.82) is 0 Å². The molecule has 4 rings (SSSR count). The highest BCUT2D eigenvalue weighted by molar-refractivity contribution is 5.89. The van der Waals surface area contributed by atoms with Gasteiger partial charge in [-0.05, 0) is 59.3 Å². The maximum absolute atomic E-state index is 15.2. The second-order valence-electron chi connectivity index (χ2n) is 7.87. The summed E-state index contributed by atoms with van der Waals surface area (Å²) in [5.74, 6) is 2.62. The van der Waals surface area contributed by atoms with Gasteiger partial charge in [0.25, 0.3) is 0 Å². The molecule has 0 bridgehead atoms. The van der Waals surface area contributed by atoms with Crippen molar-refractivity contribution in [2.75, 3.05) is 0 Å². The van der Waals surface area contributed by atoms with Crippen molar-refractivity contribution in [3.8, 4) is 23.0 Å². The molecule has 4 aromatic rings. The van der Waals surface area contributed by atoms with Gasteiger partial charge in [0.05, 0.1) is 6.42 Å². The summed E-state index contributed by atoms with van der Waals surface area (Å²) in [4.78, 5) is 0. The molecule has 34 heavy (non-hydrogen) atoms. The van der Waals surface area contributed by atoms with Gasteiger partial charge in [0.2, 0.25) is 0 Å². The normalized spacial score (nSPS) is 11.4. The summed E-state index contributed by atoms with van der Waals surface area (Å²) >= 11 is 0. The minimum Gasteiger partial charge on any atom is -0.207 e. The molecule has 0 aliphatic heterocycles. The Labute approximate surface area is 192 Å². The van der Waals surface area contributed by atoms with Crippen LogP contribution in [0.25, 0.3) is 21.9 Å². The first-order valence-electron chi connectivity index (χ1n) is 10.5. The van der Waals surface area contributed by atoms with Gasteiger partial charge in [-0.2, -0.15) is 13.2 Å². The molecule has 0 aliphatic carbocycles. The molecule has 4 aromatic carbocycles. The van der Waals surface area contributed by atoms with E-state index in [0.717, 1.165) is 24.1 Å². The lowest BCUT2D eigenvalue weighted by molar-refractivity contribution is -0.128. The standard InChI is InChI=1S/C28H18F6/c1-2-17-3-5-18(6-4-17)7-8-19-9-11-22-20(13-19)10-12-23(27(22)31)21-14-25(29)24(26(30)15-21)16-28(32,33)34/h3-6,9-15H,2,16H2,1H3. The van der Waals surface area contributed by atoms with Crippen LogP contribution in [-0.2, 0) is 12.8 Å². The first kappa shape index (κ1) is 23.4. The first-order valence-corrected chi connectivity index (χ1v) is 10.5. The van der Waals surface area contributed by atoms with Crippen molar-refractivity contribution in [3.05, 3.63) is 106 Å². The topological polar surface area (TPSA) is 0 Å². The SMILES string of the molecule is CCc1ccc(C#Cc2ccc3c(F)c(-c4cc(F)c(CC(F)(F)F)c(F)c4)ccc3c2)cc1. The summed E-state index contributed by atoms with van der Waals surface area (Å²) in [6.07, 6.45) is -5.57. The minimum absolute atomic E-state index is 0.112. The van der Waals surface area contributed by atoms with Crippen LogP contribution in [-0.4, -0.2) is 6.18 Å². The van der Waals surface area contributed by atoms with Gasteiger partial charge in [0.15, 0.2) is 0 Å².